The Kier molecular flexibility index (Phi) is 5.16. The van der Waals surface area contributed by atoms with Gasteiger partial charge in [0, 0.05) is 17.8 Å². The maximum absolute atomic E-state index is 12.5. The highest BCUT2D eigenvalue weighted by Crippen LogP contribution is 2.35. The first-order valence-electron chi connectivity index (χ1n) is 9.39. The molecule has 2 aromatic rings. The second kappa shape index (κ2) is 7.88. The van der Waals surface area contributed by atoms with E-state index in [1.165, 1.54) is 5.56 Å². The Bertz CT molecular complexity index is 806. The molecule has 2 aromatic carbocycles. The average Bonchev–Trinajstić information content (AvgIpc) is 3.31. The van der Waals surface area contributed by atoms with Gasteiger partial charge in [-0.3, -0.25) is 9.69 Å². The highest BCUT2D eigenvalue weighted by molar-refractivity contribution is 5.92. The summed E-state index contributed by atoms with van der Waals surface area (Å²) in [4.78, 5) is 14.8. The Morgan fingerprint density at radius 1 is 1.19 bits per heavy atom. The van der Waals surface area contributed by atoms with Gasteiger partial charge in [-0.05, 0) is 56.1 Å². The summed E-state index contributed by atoms with van der Waals surface area (Å²) in [6, 6.07) is 13.9. The van der Waals surface area contributed by atoms with Crippen molar-refractivity contribution in [2.75, 3.05) is 31.8 Å². The third-order valence-corrected chi connectivity index (χ3v) is 4.94. The van der Waals surface area contributed by atoms with Crippen molar-refractivity contribution >= 4 is 11.6 Å². The van der Waals surface area contributed by atoms with E-state index in [0.29, 0.717) is 24.7 Å². The molecule has 0 aliphatic carbocycles. The van der Waals surface area contributed by atoms with Gasteiger partial charge in [0.05, 0.1) is 13.2 Å². The number of benzene rings is 2. The van der Waals surface area contributed by atoms with E-state index in [9.17, 15) is 4.79 Å². The predicted molar refractivity (Wildman–Crippen MR) is 102 cm³/mol. The smallest absolute Gasteiger partial charge is 0.238 e. The molecule has 27 heavy (non-hydrogen) atoms. The maximum Gasteiger partial charge on any atom is 0.238 e. The molecule has 0 aromatic heterocycles. The molecule has 0 saturated carbocycles. The van der Waals surface area contributed by atoms with Gasteiger partial charge in [0.2, 0.25) is 12.7 Å². The molecule has 0 radical (unpaired) electrons. The van der Waals surface area contributed by atoms with Crippen molar-refractivity contribution in [3.05, 3.63) is 48.0 Å². The summed E-state index contributed by atoms with van der Waals surface area (Å²) < 4.78 is 16.2. The zero-order valence-electron chi connectivity index (χ0n) is 15.4. The van der Waals surface area contributed by atoms with Crippen LogP contribution in [0.1, 0.15) is 31.4 Å². The number of anilines is 1. The van der Waals surface area contributed by atoms with E-state index < -0.39 is 0 Å². The number of amides is 1. The van der Waals surface area contributed by atoms with Crippen LogP contribution in [0.25, 0.3) is 0 Å². The quantitative estimate of drug-likeness (QED) is 0.844. The van der Waals surface area contributed by atoms with Crippen molar-refractivity contribution in [2.45, 2.75) is 25.8 Å². The van der Waals surface area contributed by atoms with Gasteiger partial charge in [0.1, 0.15) is 5.75 Å². The molecular formula is C21H24N2O4. The van der Waals surface area contributed by atoms with Crippen molar-refractivity contribution in [3.63, 3.8) is 0 Å². The van der Waals surface area contributed by atoms with Crippen LogP contribution in [0.15, 0.2) is 42.5 Å². The van der Waals surface area contributed by atoms with Crippen molar-refractivity contribution < 1.29 is 19.0 Å². The van der Waals surface area contributed by atoms with Crippen LogP contribution in [0.2, 0.25) is 0 Å². The monoisotopic (exact) mass is 368 g/mol. The van der Waals surface area contributed by atoms with Crippen LogP contribution in [0.3, 0.4) is 0 Å². The number of likely N-dealkylation sites (tertiary alicyclic amines) is 1. The van der Waals surface area contributed by atoms with Gasteiger partial charge in [0.15, 0.2) is 11.5 Å². The molecule has 1 saturated heterocycles. The van der Waals surface area contributed by atoms with E-state index in [2.05, 4.69) is 22.3 Å². The Morgan fingerprint density at radius 2 is 2.00 bits per heavy atom. The molecule has 2 heterocycles. The molecule has 1 N–H and O–H groups in total. The lowest BCUT2D eigenvalue weighted by atomic mass is 10.0. The van der Waals surface area contributed by atoms with Crippen molar-refractivity contribution in [3.8, 4) is 17.2 Å². The molecule has 1 fully saturated rings. The molecule has 0 bridgehead atoms. The SMILES string of the molecule is CCOc1ccc(C2CCCN2CC(=O)Nc2ccc3c(c2)OCO3)cc1. The lowest BCUT2D eigenvalue weighted by molar-refractivity contribution is -0.117. The number of carbonyl (C=O) groups is 1. The minimum atomic E-state index is -0.0216. The Hall–Kier alpha value is -2.73. The van der Waals surface area contributed by atoms with Gasteiger partial charge in [-0.25, -0.2) is 0 Å². The third kappa shape index (κ3) is 4.01. The number of nitrogens with zero attached hydrogens (tertiary/aromatic N) is 1. The Labute approximate surface area is 159 Å². The first kappa shape index (κ1) is 17.7. The maximum atomic E-state index is 12.5. The standard InChI is InChI=1S/C21H24N2O4/c1-2-25-17-8-5-15(6-9-17)18-4-3-11-23(18)13-21(24)22-16-7-10-19-20(12-16)27-14-26-19/h5-10,12,18H,2-4,11,13-14H2,1H3,(H,22,24). The van der Waals surface area contributed by atoms with Gasteiger partial charge in [-0.15, -0.1) is 0 Å². The summed E-state index contributed by atoms with van der Waals surface area (Å²) in [7, 11) is 0. The minimum absolute atomic E-state index is 0.0216. The van der Waals surface area contributed by atoms with Gasteiger partial charge < -0.3 is 19.5 Å². The fraction of sp³-hybridized carbons (Fsp3) is 0.381. The summed E-state index contributed by atoms with van der Waals surface area (Å²) in [6.07, 6.45) is 2.15. The van der Waals surface area contributed by atoms with E-state index >= 15 is 0 Å². The summed E-state index contributed by atoms with van der Waals surface area (Å²) >= 11 is 0. The van der Waals surface area contributed by atoms with Crippen LogP contribution in [0.4, 0.5) is 5.69 Å². The van der Waals surface area contributed by atoms with Crippen molar-refractivity contribution in [1.82, 2.24) is 4.90 Å². The fourth-order valence-corrected chi connectivity index (χ4v) is 3.71. The molecule has 2 aliphatic heterocycles. The van der Waals surface area contributed by atoms with Crippen LogP contribution < -0.4 is 19.5 Å². The average molecular weight is 368 g/mol. The summed E-state index contributed by atoms with van der Waals surface area (Å²) in [5.74, 6) is 2.24. The summed E-state index contributed by atoms with van der Waals surface area (Å²) in [5.41, 5.74) is 1.95. The highest BCUT2D eigenvalue weighted by atomic mass is 16.7. The second-order valence-corrected chi connectivity index (χ2v) is 6.75. The molecule has 142 valence electrons. The molecular weight excluding hydrogens is 344 g/mol. The lowest BCUT2D eigenvalue weighted by Gasteiger charge is -2.24. The first-order valence-corrected chi connectivity index (χ1v) is 9.39. The number of fused-ring (bicyclic) bond motifs is 1. The molecule has 6 heteroatoms. The van der Waals surface area contributed by atoms with Crippen molar-refractivity contribution in [2.24, 2.45) is 0 Å². The van der Waals surface area contributed by atoms with Crippen molar-refractivity contribution in [1.29, 1.82) is 0 Å². The normalized spacial score (nSPS) is 18.5. The van der Waals surface area contributed by atoms with Gasteiger partial charge in [-0.2, -0.15) is 0 Å². The zero-order chi connectivity index (χ0) is 18.6. The zero-order valence-corrected chi connectivity index (χ0v) is 15.4. The van der Waals surface area contributed by atoms with Crippen LogP contribution in [0.5, 0.6) is 17.2 Å². The van der Waals surface area contributed by atoms with E-state index in [1.54, 1.807) is 6.07 Å². The number of ether oxygens (including phenoxy) is 3. The first-order chi connectivity index (χ1) is 13.2. The number of hydrogen-bond acceptors (Lipinski definition) is 5. The third-order valence-electron chi connectivity index (χ3n) is 4.94. The van der Waals surface area contributed by atoms with E-state index in [0.717, 1.165) is 30.8 Å². The van der Waals surface area contributed by atoms with Crippen LogP contribution >= 0.6 is 0 Å². The summed E-state index contributed by atoms with van der Waals surface area (Å²) in [5, 5.41) is 2.96. The van der Waals surface area contributed by atoms with E-state index in [1.807, 2.05) is 31.2 Å². The van der Waals surface area contributed by atoms with Crippen LogP contribution in [-0.4, -0.2) is 37.3 Å². The number of nitrogens with one attached hydrogen (secondary N) is 1. The molecule has 4 rings (SSSR count). The Balaban J connectivity index is 1.38. The second-order valence-electron chi connectivity index (χ2n) is 6.75. The topological polar surface area (TPSA) is 60.0 Å². The predicted octanol–water partition coefficient (Wildman–Crippen LogP) is 3.59. The Morgan fingerprint density at radius 3 is 2.81 bits per heavy atom. The number of rotatable bonds is 6. The van der Waals surface area contributed by atoms with Gasteiger partial charge >= 0.3 is 0 Å². The lowest BCUT2D eigenvalue weighted by Crippen LogP contribution is -2.32. The van der Waals surface area contributed by atoms with E-state index in [-0.39, 0.29) is 18.7 Å². The number of hydrogen-bond donors (Lipinski definition) is 1. The highest BCUT2D eigenvalue weighted by Gasteiger charge is 2.27. The molecule has 0 spiro atoms. The molecule has 2 aliphatic rings. The van der Waals surface area contributed by atoms with E-state index in [4.69, 9.17) is 14.2 Å². The molecule has 1 amide bonds. The molecule has 6 nitrogen and oxygen atoms in total. The van der Waals surface area contributed by atoms with Crippen LogP contribution in [-0.2, 0) is 4.79 Å². The number of carbonyl (C=O) groups excluding carboxylic acids is 1. The largest absolute Gasteiger partial charge is 0.494 e. The summed E-state index contributed by atoms with van der Waals surface area (Å²) in [6.45, 7) is 4.16. The van der Waals surface area contributed by atoms with Crippen LogP contribution in [0, 0.1) is 0 Å². The molecule has 1 unspecified atom stereocenters. The van der Waals surface area contributed by atoms with Gasteiger partial charge in [-0.1, -0.05) is 12.1 Å². The minimum Gasteiger partial charge on any atom is -0.494 e. The molecule has 1 atom stereocenters. The van der Waals surface area contributed by atoms with Gasteiger partial charge in [0.25, 0.3) is 0 Å². The fourth-order valence-electron chi connectivity index (χ4n) is 3.71.